The first kappa shape index (κ1) is 20.8. The summed E-state index contributed by atoms with van der Waals surface area (Å²) in [5, 5.41) is 35.3. The quantitative estimate of drug-likeness (QED) is 0.318. The average molecular weight is 362 g/mol. The zero-order valence-electron chi connectivity index (χ0n) is 13.5. The first-order valence-electron chi connectivity index (χ1n) is 7.63. The zero-order valence-corrected chi connectivity index (χ0v) is 13.5. The van der Waals surface area contributed by atoms with Crippen molar-refractivity contribution in [3.63, 3.8) is 0 Å². The van der Waals surface area contributed by atoms with Gasteiger partial charge in [-0.15, -0.1) is 0 Å². The Bertz CT molecular complexity index is 435. The van der Waals surface area contributed by atoms with Crippen LogP contribution in [0.4, 0.5) is 0 Å². The van der Waals surface area contributed by atoms with Crippen LogP contribution in [0.15, 0.2) is 0 Å². The Balaban J connectivity index is 2.54. The maximum absolute atomic E-state index is 10.8. The van der Waals surface area contributed by atoms with E-state index >= 15 is 0 Å². The van der Waals surface area contributed by atoms with Gasteiger partial charge in [0.05, 0.1) is 38.4 Å². The van der Waals surface area contributed by atoms with E-state index in [1.54, 1.807) is 0 Å². The van der Waals surface area contributed by atoms with Crippen LogP contribution in [0.5, 0.6) is 0 Å². The van der Waals surface area contributed by atoms with Gasteiger partial charge in [0.25, 0.3) is 0 Å². The number of nitrogens with zero attached hydrogens (tertiary/aromatic N) is 2. The summed E-state index contributed by atoms with van der Waals surface area (Å²) in [4.78, 5) is 45.6. The molecule has 1 rings (SSSR count). The molecule has 0 spiro atoms. The number of hydrogen-bond donors (Lipinski definition) is 4. The van der Waals surface area contributed by atoms with Gasteiger partial charge < -0.3 is 25.2 Å². The van der Waals surface area contributed by atoms with Crippen molar-refractivity contribution in [3.8, 4) is 0 Å². The highest BCUT2D eigenvalue weighted by molar-refractivity contribution is 5.73. The summed E-state index contributed by atoms with van der Waals surface area (Å²) < 4.78 is 5.69. The molecule has 0 bridgehead atoms. The molecule has 1 aliphatic rings. The van der Waals surface area contributed by atoms with Crippen LogP contribution >= 0.6 is 0 Å². The second-order valence-electron chi connectivity index (χ2n) is 5.87. The van der Waals surface area contributed by atoms with Gasteiger partial charge in [0.2, 0.25) is 0 Å². The number of carboxylic acid groups (broad SMARTS) is 4. The summed E-state index contributed by atoms with van der Waals surface area (Å²) in [6.07, 6.45) is 0.323. The molecule has 4 N–H and O–H groups in total. The average Bonchev–Trinajstić information content (AvgIpc) is 2.82. The lowest BCUT2D eigenvalue weighted by Gasteiger charge is -2.24. The van der Waals surface area contributed by atoms with Crippen LogP contribution in [0.2, 0.25) is 0 Å². The number of carboxylic acids is 4. The SMILES string of the molecule is O=C(O)CN(CC(=O)O)CC1CCC(CN(CC(=O)O)CC(=O)O)O1. The van der Waals surface area contributed by atoms with E-state index in [1.165, 1.54) is 9.80 Å². The molecule has 0 saturated carbocycles. The summed E-state index contributed by atoms with van der Waals surface area (Å²) in [6.45, 7) is -1.48. The fourth-order valence-electron chi connectivity index (χ4n) is 2.76. The second-order valence-corrected chi connectivity index (χ2v) is 5.87. The van der Waals surface area contributed by atoms with Crippen molar-refractivity contribution in [1.82, 2.24) is 9.80 Å². The molecule has 1 saturated heterocycles. The normalized spacial score (nSPS) is 20.1. The Morgan fingerprint density at radius 1 is 0.680 bits per heavy atom. The molecule has 1 heterocycles. The Morgan fingerprint density at radius 2 is 0.960 bits per heavy atom. The first-order chi connectivity index (χ1) is 11.7. The lowest BCUT2D eigenvalue weighted by Crippen LogP contribution is -2.41. The molecule has 0 aliphatic carbocycles. The van der Waals surface area contributed by atoms with Crippen molar-refractivity contribution in [2.75, 3.05) is 39.3 Å². The number of ether oxygens (including phenoxy) is 1. The summed E-state index contributed by atoms with van der Waals surface area (Å²) in [5.41, 5.74) is 0. The van der Waals surface area contributed by atoms with Crippen molar-refractivity contribution in [1.29, 1.82) is 0 Å². The standard InChI is InChI=1S/C14H22N2O9/c17-11(18)5-15(6-12(19)20)3-9-1-2-10(25-9)4-16(7-13(21)22)8-14(23)24/h9-10H,1-8H2,(H,17,18)(H,19,20)(H,21,22)(H,23,24). The highest BCUT2D eigenvalue weighted by Gasteiger charge is 2.30. The molecule has 1 aliphatic heterocycles. The predicted molar refractivity (Wildman–Crippen MR) is 81.3 cm³/mol. The maximum Gasteiger partial charge on any atom is 0.317 e. The van der Waals surface area contributed by atoms with Gasteiger partial charge in [-0.1, -0.05) is 0 Å². The Labute approximate surface area is 143 Å². The minimum Gasteiger partial charge on any atom is -0.480 e. The molecule has 0 aromatic heterocycles. The van der Waals surface area contributed by atoms with E-state index in [2.05, 4.69) is 0 Å². The molecule has 0 radical (unpaired) electrons. The predicted octanol–water partition coefficient (Wildman–Crippen LogP) is -1.52. The van der Waals surface area contributed by atoms with Gasteiger partial charge >= 0.3 is 23.9 Å². The molecule has 25 heavy (non-hydrogen) atoms. The fraction of sp³-hybridized carbons (Fsp3) is 0.714. The van der Waals surface area contributed by atoms with Gasteiger partial charge in [0.15, 0.2) is 0 Å². The minimum atomic E-state index is -1.15. The van der Waals surface area contributed by atoms with Crippen molar-refractivity contribution >= 4 is 23.9 Å². The van der Waals surface area contributed by atoms with Crippen molar-refractivity contribution in [2.24, 2.45) is 0 Å². The van der Waals surface area contributed by atoms with Crippen LogP contribution in [0.25, 0.3) is 0 Å². The van der Waals surface area contributed by atoms with E-state index in [0.29, 0.717) is 12.8 Å². The molecular weight excluding hydrogens is 340 g/mol. The largest absolute Gasteiger partial charge is 0.480 e. The van der Waals surface area contributed by atoms with Crippen LogP contribution < -0.4 is 0 Å². The van der Waals surface area contributed by atoms with Crippen molar-refractivity contribution < 1.29 is 44.3 Å². The number of carbonyl (C=O) groups is 4. The molecule has 2 unspecified atom stereocenters. The zero-order chi connectivity index (χ0) is 19.0. The van der Waals surface area contributed by atoms with Crippen LogP contribution in [-0.2, 0) is 23.9 Å². The van der Waals surface area contributed by atoms with E-state index in [0.717, 1.165) is 0 Å². The van der Waals surface area contributed by atoms with E-state index in [1.807, 2.05) is 0 Å². The molecule has 1 fully saturated rings. The number of rotatable bonds is 12. The van der Waals surface area contributed by atoms with Gasteiger partial charge in [-0.25, -0.2) is 0 Å². The summed E-state index contributed by atoms with van der Waals surface area (Å²) in [7, 11) is 0. The van der Waals surface area contributed by atoms with Gasteiger partial charge in [-0.05, 0) is 12.8 Å². The van der Waals surface area contributed by atoms with Crippen LogP contribution in [0, 0.1) is 0 Å². The van der Waals surface area contributed by atoms with Crippen LogP contribution in [0.1, 0.15) is 12.8 Å². The summed E-state index contributed by atoms with van der Waals surface area (Å²) >= 11 is 0. The molecule has 0 aromatic carbocycles. The highest BCUT2D eigenvalue weighted by atomic mass is 16.5. The van der Waals surface area contributed by atoms with Crippen LogP contribution in [0.3, 0.4) is 0 Å². The Kier molecular flexibility index (Phi) is 8.25. The summed E-state index contributed by atoms with van der Waals surface area (Å²) in [6, 6.07) is 0. The topological polar surface area (TPSA) is 165 Å². The van der Waals surface area contributed by atoms with E-state index < -0.39 is 50.1 Å². The third-order valence-corrected chi connectivity index (χ3v) is 3.55. The lowest BCUT2D eigenvalue weighted by atomic mass is 10.1. The second kappa shape index (κ2) is 9.91. The Morgan fingerprint density at radius 3 is 1.20 bits per heavy atom. The smallest absolute Gasteiger partial charge is 0.317 e. The van der Waals surface area contributed by atoms with Crippen molar-refractivity contribution in [2.45, 2.75) is 25.0 Å². The molecule has 2 atom stereocenters. The third kappa shape index (κ3) is 8.98. The first-order valence-corrected chi connectivity index (χ1v) is 7.63. The number of hydrogen-bond acceptors (Lipinski definition) is 7. The van der Waals surface area contributed by atoms with Gasteiger partial charge in [-0.3, -0.25) is 29.0 Å². The van der Waals surface area contributed by atoms with E-state index in [-0.39, 0.29) is 25.3 Å². The Hall–Kier alpha value is -2.24. The van der Waals surface area contributed by atoms with Crippen molar-refractivity contribution in [3.05, 3.63) is 0 Å². The molecule has 11 nitrogen and oxygen atoms in total. The molecule has 0 aromatic rings. The molecule has 0 amide bonds. The fourth-order valence-corrected chi connectivity index (χ4v) is 2.76. The van der Waals surface area contributed by atoms with Gasteiger partial charge in [-0.2, -0.15) is 0 Å². The minimum absolute atomic E-state index is 0.118. The molecule has 142 valence electrons. The molecule has 11 heteroatoms. The van der Waals surface area contributed by atoms with E-state index in [9.17, 15) is 19.2 Å². The monoisotopic (exact) mass is 362 g/mol. The lowest BCUT2D eigenvalue weighted by molar-refractivity contribution is -0.143. The van der Waals surface area contributed by atoms with Gasteiger partial charge in [0, 0.05) is 13.1 Å². The maximum atomic E-state index is 10.8. The van der Waals surface area contributed by atoms with Crippen LogP contribution in [-0.4, -0.2) is 106 Å². The van der Waals surface area contributed by atoms with E-state index in [4.69, 9.17) is 25.2 Å². The van der Waals surface area contributed by atoms with Gasteiger partial charge in [0.1, 0.15) is 0 Å². The highest BCUT2D eigenvalue weighted by Crippen LogP contribution is 2.21. The number of aliphatic carboxylic acids is 4. The third-order valence-electron chi connectivity index (χ3n) is 3.55. The summed E-state index contributed by atoms with van der Waals surface area (Å²) in [5.74, 6) is -4.59. The molecular formula is C14H22N2O9.